The van der Waals surface area contributed by atoms with Gasteiger partial charge in [-0.2, -0.15) is 0 Å². The van der Waals surface area contributed by atoms with E-state index >= 15 is 0 Å². The van der Waals surface area contributed by atoms with E-state index in [0.717, 1.165) is 18.5 Å². The average molecular weight is 285 g/mol. The molecule has 1 aliphatic carbocycles. The van der Waals surface area contributed by atoms with Crippen LogP contribution in [-0.4, -0.2) is 18.5 Å². The van der Waals surface area contributed by atoms with E-state index in [0.29, 0.717) is 23.9 Å². The number of nitrogens with zero attached hydrogens (tertiary/aromatic N) is 1. The van der Waals surface area contributed by atoms with Crippen molar-refractivity contribution in [2.75, 3.05) is 0 Å². The molecule has 0 bridgehead atoms. The summed E-state index contributed by atoms with van der Waals surface area (Å²) in [7, 11) is -3.47. The first-order valence-corrected chi connectivity index (χ1v) is 8.21. The summed E-state index contributed by atoms with van der Waals surface area (Å²) in [6.45, 7) is 6.92. The highest BCUT2D eigenvalue weighted by Crippen LogP contribution is 2.39. The van der Waals surface area contributed by atoms with Gasteiger partial charge in [0.2, 0.25) is 10.0 Å². The minimum absolute atomic E-state index is 0.309. The lowest BCUT2D eigenvalue weighted by molar-refractivity contribution is 0.400. The van der Waals surface area contributed by atoms with Gasteiger partial charge in [0.1, 0.15) is 0 Å². The number of aryl methyl sites for hydroxylation is 1. The van der Waals surface area contributed by atoms with Crippen molar-refractivity contribution in [1.29, 1.82) is 0 Å². The van der Waals surface area contributed by atoms with Crippen molar-refractivity contribution < 1.29 is 8.42 Å². The monoisotopic (exact) mass is 285 g/mol. The number of hydrogen-bond donors (Lipinski definition) is 2. The lowest BCUT2D eigenvalue weighted by atomic mass is 10.0. The Kier molecular flexibility index (Phi) is 3.77. The zero-order chi connectivity index (χ0) is 14.3. The molecule has 1 aromatic heterocycles. The lowest BCUT2D eigenvalue weighted by Crippen LogP contribution is -2.44. The Morgan fingerprint density at radius 2 is 2.11 bits per heavy atom. The summed E-state index contributed by atoms with van der Waals surface area (Å²) in [5.74, 6) is 0.449. The van der Waals surface area contributed by atoms with Gasteiger partial charge >= 0.3 is 0 Å². The van der Waals surface area contributed by atoms with E-state index in [1.54, 1.807) is 12.3 Å². The molecule has 0 saturated heterocycles. The highest BCUT2D eigenvalue weighted by Gasteiger charge is 2.40. The molecule has 6 heteroatoms. The summed E-state index contributed by atoms with van der Waals surface area (Å²) in [5, 5.41) is 0. The fourth-order valence-electron chi connectivity index (χ4n) is 2.43. The van der Waals surface area contributed by atoms with E-state index in [1.165, 1.54) is 0 Å². The van der Waals surface area contributed by atoms with E-state index in [2.05, 4.69) is 4.72 Å². The molecular weight excluding hydrogens is 262 g/mol. The molecule has 0 amide bonds. The summed E-state index contributed by atoms with van der Waals surface area (Å²) in [6, 6.07) is 1.66. The van der Waals surface area contributed by atoms with Gasteiger partial charge in [0.25, 0.3) is 0 Å². The topological polar surface area (TPSA) is 77.1 Å². The SMILES string of the molecule is CCn1cc(S(=O)(=O)NC(C)(C)C2CC2)cc1CN. The van der Waals surface area contributed by atoms with Gasteiger partial charge in [-0.15, -0.1) is 0 Å². The van der Waals surface area contributed by atoms with Crippen LogP contribution in [0.5, 0.6) is 0 Å². The minimum Gasteiger partial charge on any atom is -0.349 e. The fourth-order valence-corrected chi connectivity index (χ4v) is 3.97. The van der Waals surface area contributed by atoms with Gasteiger partial charge in [0, 0.05) is 30.5 Å². The third kappa shape index (κ3) is 3.01. The van der Waals surface area contributed by atoms with Crippen LogP contribution < -0.4 is 10.5 Å². The van der Waals surface area contributed by atoms with Crippen LogP contribution >= 0.6 is 0 Å². The van der Waals surface area contributed by atoms with E-state index in [9.17, 15) is 8.42 Å². The molecule has 0 unspecified atom stereocenters. The number of aromatic nitrogens is 1. The summed E-state index contributed by atoms with van der Waals surface area (Å²) in [4.78, 5) is 0.309. The van der Waals surface area contributed by atoms with Crippen molar-refractivity contribution in [3.8, 4) is 0 Å². The third-order valence-corrected chi connectivity index (χ3v) is 5.46. The van der Waals surface area contributed by atoms with Gasteiger partial charge in [0.05, 0.1) is 4.90 Å². The maximum Gasteiger partial charge on any atom is 0.242 e. The van der Waals surface area contributed by atoms with Crippen molar-refractivity contribution in [3.05, 3.63) is 18.0 Å². The van der Waals surface area contributed by atoms with E-state index in [4.69, 9.17) is 5.73 Å². The van der Waals surface area contributed by atoms with Crippen molar-refractivity contribution in [2.45, 2.75) is 57.1 Å². The van der Waals surface area contributed by atoms with Gasteiger partial charge < -0.3 is 10.3 Å². The van der Waals surface area contributed by atoms with Crippen molar-refractivity contribution in [3.63, 3.8) is 0 Å². The molecule has 0 aromatic carbocycles. The molecule has 1 saturated carbocycles. The van der Waals surface area contributed by atoms with Gasteiger partial charge in [-0.05, 0) is 45.6 Å². The molecule has 1 aliphatic rings. The Bertz CT molecular complexity index is 535. The second kappa shape index (κ2) is 4.92. The highest BCUT2D eigenvalue weighted by molar-refractivity contribution is 7.89. The van der Waals surface area contributed by atoms with Crippen LogP contribution in [0.3, 0.4) is 0 Å². The zero-order valence-electron chi connectivity index (χ0n) is 11.8. The second-order valence-electron chi connectivity index (χ2n) is 5.76. The first kappa shape index (κ1) is 14.6. The second-order valence-corrected chi connectivity index (χ2v) is 7.44. The molecule has 19 heavy (non-hydrogen) atoms. The molecule has 0 aliphatic heterocycles. The van der Waals surface area contributed by atoms with Gasteiger partial charge in [-0.3, -0.25) is 0 Å². The molecule has 1 fully saturated rings. The number of nitrogens with one attached hydrogen (secondary N) is 1. The highest BCUT2D eigenvalue weighted by atomic mass is 32.2. The molecule has 5 nitrogen and oxygen atoms in total. The first-order chi connectivity index (χ1) is 8.80. The molecule has 1 aromatic rings. The molecule has 2 rings (SSSR count). The van der Waals surface area contributed by atoms with Gasteiger partial charge in [0.15, 0.2) is 0 Å². The number of sulfonamides is 1. The van der Waals surface area contributed by atoms with Gasteiger partial charge in [-0.25, -0.2) is 13.1 Å². The Morgan fingerprint density at radius 3 is 2.53 bits per heavy atom. The third-order valence-electron chi connectivity index (χ3n) is 3.82. The Morgan fingerprint density at radius 1 is 1.47 bits per heavy atom. The predicted octanol–water partition coefficient (Wildman–Crippen LogP) is 1.43. The zero-order valence-corrected chi connectivity index (χ0v) is 12.6. The molecule has 108 valence electrons. The molecule has 0 atom stereocenters. The number of nitrogens with two attached hydrogens (primary N) is 1. The van der Waals surface area contributed by atoms with Crippen LogP contribution in [0, 0.1) is 5.92 Å². The standard InChI is InChI=1S/C13H23N3O2S/c1-4-16-9-12(7-11(16)8-14)19(17,18)15-13(2,3)10-5-6-10/h7,9-10,15H,4-6,8,14H2,1-3H3. The van der Waals surface area contributed by atoms with Crippen LogP contribution in [0.15, 0.2) is 17.2 Å². The summed E-state index contributed by atoms with van der Waals surface area (Å²) in [6.07, 6.45) is 3.85. The first-order valence-electron chi connectivity index (χ1n) is 6.73. The van der Waals surface area contributed by atoms with Crippen LogP contribution in [0.4, 0.5) is 0 Å². The largest absolute Gasteiger partial charge is 0.349 e. The van der Waals surface area contributed by atoms with E-state index in [1.807, 2.05) is 25.3 Å². The Balaban J connectivity index is 2.26. The van der Waals surface area contributed by atoms with E-state index in [-0.39, 0.29) is 5.54 Å². The smallest absolute Gasteiger partial charge is 0.242 e. The van der Waals surface area contributed by atoms with E-state index < -0.39 is 10.0 Å². The van der Waals surface area contributed by atoms with Crippen molar-refractivity contribution in [1.82, 2.24) is 9.29 Å². The average Bonchev–Trinajstić information content (AvgIpc) is 3.08. The normalized spacial score (nSPS) is 16.8. The summed E-state index contributed by atoms with van der Waals surface area (Å²) in [5.41, 5.74) is 6.09. The fraction of sp³-hybridized carbons (Fsp3) is 0.692. The Hall–Kier alpha value is -0.850. The Labute approximate surface area is 115 Å². The molecule has 1 heterocycles. The van der Waals surface area contributed by atoms with Crippen molar-refractivity contribution >= 4 is 10.0 Å². The molecule has 0 spiro atoms. The maximum atomic E-state index is 12.4. The molecule has 0 radical (unpaired) electrons. The predicted molar refractivity (Wildman–Crippen MR) is 75.1 cm³/mol. The molecular formula is C13H23N3O2S. The minimum atomic E-state index is -3.47. The van der Waals surface area contributed by atoms with Crippen LogP contribution in [0.25, 0.3) is 0 Å². The lowest BCUT2D eigenvalue weighted by Gasteiger charge is -2.25. The number of rotatable bonds is 6. The van der Waals surface area contributed by atoms with Crippen LogP contribution in [0.1, 0.15) is 39.3 Å². The number of hydrogen-bond acceptors (Lipinski definition) is 3. The summed E-state index contributed by atoms with van der Waals surface area (Å²) < 4.78 is 29.5. The molecule has 3 N–H and O–H groups in total. The van der Waals surface area contributed by atoms with Gasteiger partial charge in [-0.1, -0.05) is 0 Å². The van der Waals surface area contributed by atoms with Crippen LogP contribution in [-0.2, 0) is 23.1 Å². The quantitative estimate of drug-likeness (QED) is 0.830. The summed E-state index contributed by atoms with van der Waals surface area (Å²) >= 11 is 0. The maximum absolute atomic E-state index is 12.4. The van der Waals surface area contributed by atoms with Crippen LogP contribution in [0.2, 0.25) is 0 Å². The van der Waals surface area contributed by atoms with Crippen molar-refractivity contribution in [2.24, 2.45) is 11.7 Å².